The monoisotopic (exact) mass is 295 g/mol. The molecule has 0 aromatic carbocycles. The van der Waals surface area contributed by atoms with Crippen molar-refractivity contribution in [1.82, 2.24) is 0 Å². The molecule has 19 heavy (non-hydrogen) atoms. The van der Waals surface area contributed by atoms with Crippen LogP contribution in [0.2, 0.25) is 0 Å². The molecule has 6 nitrogen and oxygen atoms in total. The van der Waals surface area contributed by atoms with Crippen molar-refractivity contribution in [2.45, 2.75) is 51.4 Å². The van der Waals surface area contributed by atoms with Gasteiger partial charge in [-0.25, -0.2) is 10.1 Å². The van der Waals surface area contributed by atoms with E-state index >= 15 is 0 Å². The summed E-state index contributed by atoms with van der Waals surface area (Å²) in [6.45, 7) is 2.18. The normalized spacial score (nSPS) is 11.9. The van der Waals surface area contributed by atoms with Crippen LogP contribution in [0.15, 0.2) is 0 Å². The minimum atomic E-state index is -3.35. The van der Waals surface area contributed by atoms with E-state index in [1.165, 1.54) is 0 Å². The van der Waals surface area contributed by atoms with Gasteiger partial charge in [0.05, 0.1) is 13.2 Å². The fourth-order valence-corrected chi connectivity index (χ4v) is 2.46. The van der Waals surface area contributed by atoms with E-state index < -0.39 is 7.75 Å². The first-order chi connectivity index (χ1) is 9.12. The topological polar surface area (TPSA) is 114 Å². The van der Waals surface area contributed by atoms with E-state index in [2.05, 4.69) is 0 Å². The summed E-state index contributed by atoms with van der Waals surface area (Å²) in [6, 6.07) is 0. The molecule has 0 heterocycles. The van der Waals surface area contributed by atoms with Gasteiger partial charge in [0.15, 0.2) is 0 Å². The highest BCUT2D eigenvalue weighted by molar-refractivity contribution is 7.51. The fourth-order valence-electron chi connectivity index (χ4n) is 1.62. The number of unbranched alkanes of at least 4 members (excludes halogenated alkanes) is 6. The van der Waals surface area contributed by atoms with Crippen molar-refractivity contribution in [2.24, 2.45) is 17.0 Å². The van der Waals surface area contributed by atoms with Crippen LogP contribution in [0.25, 0.3) is 0 Å². The standard InChI is InChI=1S/C12H30N3O3P/c13-9-5-1-3-7-11-17-19(15,16)18-12-8-4-2-6-10-14/h1-14H2,(H2,15,16). The second-order valence-corrected chi connectivity index (χ2v) is 6.21. The molecule has 6 N–H and O–H groups in total. The van der Waals surface area contributed by atoms with Crippen LogP contribution in [0.4, 0.5) is 0 Å². The third kappa shape index (κ3) is 14.3. The summed E-state index contributed by atoms with van der Waals surface area (Å²) in [4.78, 5) is 0. The molecule has 0 aliphatic rings. The summed E-state index contributed by atoms with van der Waals surface area (Å²) in [5, 5.41) is 0. The molecule has 0 saturated heterocycles. The zero-order valence-corrected chi connectivity index (χ0v) is 12.8. The van der Waals surface area contributed by atoms with Crippen molar-refractivity contribution in [3.05, 3.63) is 0 Å². The lowest BCUT2D eigenvalue weighted by Gasteiger charge is -2.13. The maximum absolute atomic E-state index is 11.7. The Kier molecular flexibility index (Phi) is 13.1. The maximum atomic E-state index is 11.7. The fraction of sp³-hybridized carbons (Fsp3) is 1.00. The summed E-state index contributed by atoms with van der Waals surface area (Å²) in [5.74, 6) is 0. The highest BCUT2D eigenvalue weighted by Gasteiger charge is 2.17. The Balaban J connectivity index is 3.39. The third-order valence-corrected chi connectivity index (χ3v) is 3.82. The Morgan fingerprint density at radius 2 is 1.05 bits per heavy atom. The van der Waals surface area contributed by atoms with Gasteiger partial charge >= 0.3 is 7.75 Å². The molecule has 0 fully saturated rings. The lowest BCUT2D eigenvalue weighted by molar-refractivity contribution is 0.198. The van der Waals surface area contributed by atoms with Crippen LogP contribution in [-0.2, 0) is 13.6 Å². The number of hydrogen-bond acceptors (Lipinski definition) is 5. The number of rotatable bonds is 14. The zero-order valence-electron chi connectivity index (χ0n) is 11.9. The highest BCUT2D eigenvalue weighted by Crippen LogP contribution is 2.39. The molecule has 0 amide bonds. The summed E-state index contributed by atoms with van der Waals surface area (Å²) in [5.41, 5.74) is 16.2. The zero-order chi connectivity index (χ0) is 14.4. The molecule has 0 atom stereocenters. The molecule has 0 aromatic rings. The van der Waals surface area contributed by atoms with Crippen molar-refractivity contribution in [3.8, 4) is 0 Å². The summed E-state index contributed by atoms with van der Waals surface area (Å²) in [6.07, 6.45) is 7.85. The van der Waals surface area contributed by atoms with Gasteiger partial charge < -0.3 is 11.5 Å². The molecule has 0 aliphatic heterocycles. The smallest absolute Gasteiger partial charge is 0.330 e. The Morgan fingerprint density at radius 3 is 1.42 bits per heavy atom. The van der Waals surface area contributed by atoms with Crippen LogP contribution in [0.1, 0.15) is 51.4 Å². The lowest BCUT2D eigenvalue weighted by Crippen LogP contribution is -2.06. The van der Waals surface area contributed by atoms with Crippen molar-refractivity contribution in [3.63, 3.8) is 0 Å². The van der Waals surface area contributed by atoms with Gasteiger partial charge in [-0.1, -0.05) is 25.7 Å². The van der Waals surface area contributed by atoms with E-state index in [0.717, 1.165) is 51.4 Å². The van der Waals surface area contributed by atoms with Gasteiger partial charge in [-0.15, -0.1) is 0 Å². The highest BCUT2D eigenvalue weighted by atomic mass is 31.2. The van der Waals surface area contributed by atoms with E-state index in [-0.39, 0.29) is 0 Å². The molecule has 0 radical (unpaired) electrons. The number of hydrogen-bond donors (Lipinski definition) is 3. The van der Waals surface area contributed by atoms with Crippen LogP contribution in [0.3, 0.4) is 0 Å². The van der Waals surface area contributed by atoms with Crippen LogP contribution in [0.5, 0.6) is 0 Å². The predicted molar refractivity (Wildman–Crippen MR) is 78.7 cm³/mol. The second kappa shape index (κ2) is 13.0. The SMILES string of the molecule is NCCCCCCOP(N)(=O)OCCCCCCN. The van der Waals surface area contributed by atoms with Crippen LogP contribution in [0, 0.1) is 0 Å². The predicted octanol–water partition coefficient (Wildman–Crippen LogP) is 2.12. The Bertz CT molecular complexity index is 222. The summed E-state index contributed by atoms with van der Waals surface area (Å²) in [7, 11) is -3.35. The molecule has 0 spiro atoms. The number of nitrogens with two attached hydrogens (primary N) is 3. The van der Waals surface area contributed by atoms with E-state index in [4.69, 9.17) is 26.0 Å². The second-order valence-electron chi connectivity index (χ2n) is 4.61. The third-order valence-electron chi connectivity index (χ3n) is 2.74. The van der Waals surface area contributed by atoms with Crippen LogP contribution >= 0.6 is 7.75 Å². The first-order valence-corrected chi connectivity index (χ1v) is 8.81. The molecule has 0 aliphatic carbocycles. The average molecular weight is 295 g/mol. The molecular weight excluding hydrogens is 265 g/mol. The Labute approximate surface area is 117 Å². The van der Waals surface area contributed by atoms with Gasteiger partial charge in [-0.3, -0.25) is 9.05 Å². The van der Waals surface area contributed by atoms with Crippen molar-refractivity contribution in [1.29, 1.82) is 0 Å². The largest absolute Gasteiger partial charge is 0.402 e. The van der Waals surface area contributed by atoms with E-state index in [9.17, 15) is 4.57 Å². The molecular formula is C12H30N3O3P. The van der Waals surface area contributed by atoms with Gasteiger partial charge in [-0.2, -0.15) is 0 Å². The molecule has 0 rings (SSSR count). The lowest BCUT2D eigenvalue weighted by atomic mass is 10.2. The van der Waals surface area contributed by atoms with Gasteiger partial charge in [0, 0.05) is 0 Å². The first kappa shape index (κ1) is 19.0. The van der Waals surface area contributed by atoms with E-state index in [1.54, 1.807) is 0 Å². The molecule has 0 aromatic heterocycles. The summed E-state index contributed by atoms with van der Waals surface area (Å²) < 4.78 is 21.9. The minimum absolute atomic E-state index is 0.380. The minimum Gasteiger partial charge on any atom is -0.330 e. The molecule has 0 saturated carbocycles. The summed E-state index contributed by atoms with van der Waals surface area (Å²) >= 11 is 0. The molecule has 0 unspecified atom stereocenters. The Morgan fingerprint density at radius 1 is 0.684 bits per heavy atom. The van der Waals surface area contributed by atoms with E-state index in [1.807, 2.05) is 0 Å². The van der Waals surface area contributed by atoms with Crippen molar-refractivity contribution in [2.75, 3.05) is 26.3 Å². The molecule has 116 valence electrons. The van der Waals surface area contributed by atoms with Crippen molar-refractivity contribution < 1.29 is 13.6 Å². The van der Waals surface area contributed by atoms with Gasteiger partial charge in [0.2, 0.25) is 0 Å². The maximum Gasteiger partial charge on any atom is 0.402 e. The van der Waals surface area contributed by atoms with Gasteiger partial charge in [0.1, 0.15) is 0 Å². The van der Waals surface area contributed by atoms with E-state index in [0.29, 0.717) is 26.3 Å². The molecule has 7 heteroatoms. The molecule has 0 bridgehead atoms. The van der Waals surface area contributed by atoms with Gasteiger partial charge in [-0.05, 0) is 38.8 Å². The first-order valence-electron chi connectivity index (χ1n) is 7.20. The van der Waals surface area contributed by atoms with Crippen molar-refractivity contribution >= 4 is 7.75 Å². The van der Waals surface area contributed by atoms with Crippen LogP contribution in [-0.4, -0.2) is 26.3 Å². The van der Waals surface area contributed by atoms with Gasteiger partial charge in [0.25, 0.3) is 0 Å². The average Bonchev–Trinajstić information content (AvgIpc) is 2.38. The quantitative estimate of drug-likeness (QED) is 0.334. The Hall–Kier alpha value is 0.0300. The van der Waals surface area contributed by atoms with Crippen LogP contribution < -0.4 is 17.0 Å².